The van der Waals surface area contributed by atoms with Gasteiger partial charge in [-0.2, -0.15) is 0 Å². The van der Waals surface area contributed by atoms with E-state index in [-0.39, 0.29) is 66.1 Å². The van der Waals surface area contributed by atoms with Gasteiger partial charge < -0.3 is 27.5 Å². The van der Waals surface area contributed by atoms with Crippen LogP contribution in [0.5, 0.6) is 0 Å². The van der Waals surface area contributed by atoms with Crippen LogP contribution in [0, 0.1) is 0 Å². The third-order valence-electron chi connectivity index (χ3n) is 0. The van der Waals surface area contributed by atoms with Gasteiger partial charge in [0.15, 0.2) is 34.7 Å². The van der Waals surface area contributed by atoms with Gasteiger partial charge >= 0.3 is 41.4 Å². The van der Waals surface area contributed by atoms with Crippen molar-refractivity contribution >= 4 is 76.1 Å². The molecule has 0 saturated carbocycles. The van der Waals surface area contributed by atoms with Gasteiger partial charge in [-0.3, -0.25) is 8.92 Å². The second-order valence-electron chi connectivity index (χ2n) is 0.565. The minimum Gasteiger partial charge on any atom is -1.00 e. The van der Waals surface area contributed by atoms with E-state index in [1.807, 2.05) is 0 Å². The first kappa shape index (κ1) is 38.2. The Labute approximate surface area is 112 Å². The monoisotopic (exact) mass is 260 g/mol. The average Bonchev–Trinajstić information content (AvgIpc) is 1.25. The molecule has 72 valence electrons. The quantitative estimate of drug-likeness (QED) is 0.318. The smallest absolute Gasteiger partial charge is 1.00 e. The minimum absolute atomic E-state index is 0. The predicted octanol–water partition coefficient (Wildman–Crippen LogP) is -6.58. The molecule has 12 heavy (non-hydrogen) atoms. The van der Waals surface area contributed by atoms with Gasteiger partial charge in [0.25, 0.3) is 0 Å². The molecule has 0 amide bonds. The molecule has 0 aliphatic rings. The van der Waals surface area contributed by atoms with Crippen molar-refractivity contribution < 1.29 is 36.4 Å². The zero-order valence-corrected chi connectivity index (χ0v) is 8.23. The van der Waals surface area contributed by atoms with E-state index in [2.05, 4.69) is 0 Å². The Balaban J connectivity index is -0.00000000600. The van der Waals surface area contributed by atoms with Crippen LogP contribution in [0.3, 0.4) is 0 Å². The fourth-order valence-electron chi connectivity index (χ4n) is 0. The van der Waals surface area contributed by atoms with Crippen molar-refractivity contribution in [3.05, 3.63) is 0 Å². The molecule has 6 N–H and O–H groups in total. The van der Waals surface area contributed by atoms with Crippen molar-refractivity contribution in [2.45, 2.75) is 0 Å². The van der Waals surface area contributed by atoms with Crippen LogP contribution in [0.15, 0.2) is 0 Å². The molecule has 12 heteroatoms. The molecule has 0 radical (unpaired) electrons. The van der Waals surface area contributed by atoms with Gasteiger partial charge in [0.2, 0.25) is 0 Å². The summed E-state index contributed by atoms with van der Waals surface area (Å²) in [6.45, 7) is 0. The van der Waals surface area contributed by atoms with Crippen LogP contribution in [0.25, 0.3) is 0 Å². The Hall–Kier alpha value is 1.02. The van der Waals surface area contributed by atoms with Crippen molar-refractivity contribution in [3.8, 4) is 0 Å². The molecule has 7 nitrogen and oxygen atoms in total. The molecule has 0 rings (SSSR count). The van der Waals surface area contributed by atoms with Crippen LogP contribution in [0.2, 0.25) is 0 Å². The van der Waals surface area contributed by atoms with E-state index >= 15 is 0 Å². The van der Waals surface area contributed by atoms with Crippen LogP contribution in [0.4, 0.5) is 0 Å². The third kappa shape index (κ3) is 1050. The van der Waals surface area contributed by atoms with E-state index in [4.69, 9.17) is 28.1 Å². The van der Waals surface area contributed by atoms with Crippen LogP contribution in [-0.2, 0) is 8.92 Å². The second kappa shape index (κ2) is 29.6. The Kier molecular flexibility index (Phi) is 94.2. The molecule has 0 saturated heterocycles. The fraction of sp³-hybridized carbons (Fsp3) is 0. The first-order valence-electron chi connectivity index (χ1n) is 1.30. The molecular weight excluding hydrogens is 246 g/mol. The SMILES string of the molecule is O.O=[Si](O)O.O=[Si](O)O.[AlH3].[AlH3].[H-].[H-].[Mg+2]. The zero-order chi connectivity index (χ0) is 7.15. The van der Waals surface area contributed by atoms with Gasteiger partial charge in [0.1, 0.15) is 0 Å². The zero-order valence-electron chi connectivity index (χ0n) is 6.81. The summed E-state index contributed by atoms with van der Waals surface area (Å²) in [5.41, 5.74) is 0. The summed E-state index contributed by atoms with van der Waals surface area (Å²) >= 11 is 0. The summed E-state index contributed by atoms with van der Waals surface area (Å²) in [6.07, 6.45) is 0. The Morgan fingerprint density at radius 1 is 0.833 bits per heavy atom. The maximum atomic E-state index is 8.74. The molecule has 0 aromatic heterocycles. The van der Waals surface area contributed by atoms with Gasteiger partial charge in [0.05, 0.1) is 0 Å². The summed E-state index contributed by atoms with van der Waals surface area (Å²) in [4.78, 5) is 28.6. The largest absolute Gasteiger partial charge is 2.00 e. The van der Waals surface area contributed by atoms with E-state index in [9.17, 15) is 0 Å². The van der Waals surface area contributed by atoms with Gasteiger partial charge in [-0.05, 0) is 0 Å². The van der Waals surface area contributed by atoms with Crippen molar-refractivity contribution in [1.82, 2.24) is 0 Å². The maximum Gasteiger partial charge on any atom is 2.00 e. The van der Waals surface area contributed by atoms with Crippen molar-refractivity contribution in [2.24, 2.45) is 0 Å². The summed E-state index contributed by atoms with van der Waals surface area (Å²) in [6, 6.07) is 0. The van der Waals surface area contributed by atoms with Crippen molar-refractivity contribution in [1.29, 1.82) is 0 Å². The van der Waals surface area contributed by atoms with Gasteiger partial charge in [0, 0.05) is 0 Å². The molecule has 0 bridgehead atoms. The summed E-state index contributed by atoms with van der Waals surface area (Å²) in [5, 5.41) is 0. The Morgan fingerprint density at radius 3 is 0.833 bits per heavy atom. The van der Waals surface area contributed by atoms with Crippen LogP contribution in [0.1, 0.15) is 2.85 Å². The molecule has 0 aromatic carbocycles. The first-order valence-corrected chi connectivity index (χ1v) is 3.91. The molecule has 0 aliphatic carbocycles. The number of hydrogen-bond acceptors (Lipinski definition) is 2. The Bertz CT molecular complexity index is 85.7. The van der Waals surface area contributed by atoms with Gasteiger partial charge in [-0.1, -0.05) is 0 Å². The van der Waals surface area contributed by atoms with Crippen LogP contribution in [-0.4, -0.2) is 101 Å². The molecular formula is H14Al2MgO7Si2. The topological polar surface area (TPSA) is 147 Å². The normalized spacial score (nSPS) is 4.00. The van der Waals surface area contributed by atoms with Crippen molar-refractivity contribution in [2.75, 3.05) is 0 Å². The van der Waals surface area contributed by atoms with E-state index < -0.39 is 18.3 Å². The van der Waals surface area contributed by atoms with E-state index in [0.717, 1.165) is 0 Å². The maximum absolute atomic E-state index is 8.74. The Morgan fingerprint density at radius 2 is 0.833 bits per heavy atom. The van der Waals surface area contributed by atoms with E-state index in [0.29, 0.717) is 0 Å². The van der Waals surface area contributed by atoms with Gasteiger partial charge in [-0.25, -0.2) is 0 Å². The minimum atomic E-state index is -3.13. The predicted molar refractivity (Wildman–Crippen MR) is 53.2 cm³/mol. The molecule has 0 atom stereocenters. The number of rotatable bonds is 0. The summed E-state index contributed by atoms with van der Waals surface area (Å²) in [5.74, 6) is 0. The van der Waals surface area contributed by atoms with Crippen molar-refractivity contribution in [3.63, 3.8) is 0 Å². The molecule has 0 spiro atoms. The second-order valence-corrected chi connectivity index (χ2v) is 1.70. The molecule has 0 unspecified atom stereocenters. The molecule has 0 aliphatic heterocycles. The molecule has 0 aromatic rings. The average molecular weight is 261 g/mol. The summed E-state index contributed by atoms with van der Waals surface area (Å²) in [7, 11) is -6.26. The number of hydrogen-bond donors (Lipinski definition) is 4. The molecule has 0 heterocycles. The van der Waals surface area contributed by atoms with E-state index in [1.165, 1.54) is 0 Å². The third-order valence-corrected chi connectivity index (χ3v) is 0. The molecule has 0 fully saturated rings. The van der Waals surface area contributed by atoms with Crippen LogP contribution < -0.4 is 0 Å². The van der Waals surface area contributed by atoms with Crippen LogP contribution >= 0.6 is 0 Å². The summed E-state index contributed by atoms with van der Waals surface area (Å²) < 4.78 is 17.5. The first-order chi connectivity index (χ1) is 3.46. The van der Waals surface area contributed by atoms with E-state index in [1.54, 1.807) is 0 Å². The standard InChI is InChI=1S/2Al.Mg.2H2O3Si.H2O.8H/c;;;2*1-4(2)3;;;;;;;;;/h;;;2*1-2H;1H2;;;;;;;;/q;;+2;;;;;;;;;;2*-1. The fourth-order valence-corrected chi connectivity index (χ4v) is 0. The van der Waals surface area contributed by atoms with Gasteiger partial charge in [-0.15, -0.1) is 0 Å².